The second kappa shape index (κ2) is 6.74. The molecule has 7 heteroatoms. The van der Waals surface area contributed by atoms with Gasteiger partial charge >= 0.3 is 6.18 Å². The van der Waals surface area contributed by atoms with Gasteiger partial charge in [0.2, 0.25) is 0 Å². The highest BCUT2D eigenvalue weighted by atomic mass is 19.4. The van der Waals surface area contributed by atoms with E-state index in [0.717, 1.165) is 23.3 Å². The quantitative estimate of drug-likeness (QED) is 0.365. The van der Waals surface area contributed by atoms with Crippen molar-refractivity contribution in [2.24, 2.45) is 10.9 Å². The first-order valence-electron chi connectivity index (χ1n) is 7.94. The van der Waals surface area contributed by atoms with E-state index in [1.54, 1.807) is 12.1 Å². The lowest BCUT2D eigenvalue weighted by Gasteiger charge is -2.14. The number of hydrogen-bond acceptors (Lipinski definition) is 3. The SMILES string of the molecule is C/C=C/c1cc(/C(N)=N/O)cc([C@@H]2Cc3cc(C(F)(F)F)ccc3O2)c1. The van der Waals surface area contributed by atoms with Gasteiger partial charge in [-0.2, -0.15) is 13.2 Å². The van der Waals surface area contributed by atoms with Crippen LogP contribution in [0.15, 0.2) is 47.6 Å². The number of allylic oxidation sites excluding steroid dienone is 1. The predicted molar refractivity (Wildman–Crippen MR) is 92.2 cm³/mol. The first kappa shape index (κ1) is 17.8. The van der Waals surface area contributed by atoms with Gasteiger partial charge in [-0.1, -0.05) is 17.3 Å². The molecule has 1 aliphatic rings. The van der Waals surface area contributed by atoms with Gasteiger partial charge in [0.05, 0.1) is 5.56 Å². The number of ether oxygens (including phenoxy) is 1. The third-order valence-corrected chi connectivity index (χ3v) is 4.17. The van der Waals surface area contributed by atoms with Gasteiger partial charge in [-0.3, -0.25) is 0 Å². The van der Waals surface area contributed by atoms with Gasteiger partial charge in [-0.05, 0) is 60.0 Å². The summed E-state index contributed by atoms with van der Waals surface area (Å²) in [6.45, 7) is 1.86. The summed E-state index contributed by atoms with van der Waals surface area (Å²) < 4.78 is 44.5. The van der Waals surface area contributed by atoms with E-state index in [-0.39, 0.29) is 5.84 Å². The topological polar surface area (TPSA) is 67.8 Å². The number of benzene rings is 2. The summed E-state index contributed by atoms with van der Waals surface area (Å²) in [5, 5.41) is 11.9. The zero-order chi connectivity index (χ0) is 18.9. The van der Waals surface area contributed by atoms with Crippen molar-refractivity contribution >= 4 is 11.9 Å². The van der Waals surface area contributed by atoms with Crippen LogP contribution in [0.3, 0.4) is 0 Å². The molecule has 136 valence electrons. The van der Waals surface area contributed by atoms with Gasteiger partial charge in [-0.25, -0.2) is 0 Å². The standard InChI is InChI=1S/C19H17F3N2O2/c1-2-3-11-6-12(8-14(7-11)18(23)24-25)17-10-13-9-15(19(20,21)22)4-5-16(13)26-17/h2-9,17,25H,10H2,1H3,(H2,23,24)/b3-2+/t17-/m0/s1. The van der Waals surface area contributed by atoms with Crippen LogP contribution in [-0.4, -0.2) is 11.0 Å². The molecule has 0 saturated heterocycles. The molecule has 0 aromatic heterocycles. The molecule has 0 aliphatic carbocycles. The fourth-order valence-electron chi connectivity index (χ4n) is 2.97. The molecule has 0 fully saturated rings. The molecule has 0 radical (unpaired) electrons. The van der Waals surface area contributed by atoms with Crippen molar-refractivity contribution in [2.75, 3.05) is 0 Å². The first-order valence-corrected chi connectivity index (χ1v) is 7.94. The number of oxime groups is 1. The Morgan fingerprint density at radius 1 is 1.27 bits per heavy atom. The van der Waals surface area contributed by atoms with Crippen molar-refractivity contribution in [3.8, 4) is 5.75 Å². The molecule has 4 nitrogen and oxygen atoms in total. The number of halogens is 3. The number of nitrogens with two attached hydrogens (primary N) is 1. The van der Waals surface area contributed by atoms with E-state index in [1.807, 2.05) is 25.1 Å². The van der Waals surface area contributed by atoms with Crippen molar-refractivity contribution < 1.29 is 23.1 Å². The molecule has 0 saturated carbocycles. The molecule has 0 unspecified atom stereocenters. The normalized spacial score (nSPS) is 17.4. The lowest BCUT2D eigenvalue weighted by atomic mass is 9.97. The third kappa shape index (κ3) is 3.51. The first-order chi connectivity index (χ1) is 12.3. The minimum absolute atomic E-state index is 0.0486. The zero-order valence-corrected chi connectivity index (χ0v) is 13.9. The number of rotatable bonds is 3. The summed E-state index contributed by atoms with van der Waals surface area (Å²) in [5.41, 5.74) is 7.57. The Labute approximate surface area is 148 Å². The van der Waals surface area contributed by atoms with Crippen LogP contribution in [0, 0.1) is 0 Å². The summed E-state index contributed by atoms with van der Waals surface area (Å²) in [6, 6.07) is 8.81. The Balaban J connectivity index is 1.96. The van der Waals surface area contributed by atoms with E-state index < -0.39 is 17.8 Å². The lowest BCUT2D eigenvalue weighted by Crippen LogP contribution is -2.14. The van der Waals surface area contributed by atoms with Crippen molar-refractivity contribution in [1.82, 2.24) is 0 Å². The van der Waals surface area contributed by atoms with Crippen molar-refractivity contribution in [3.05, 3.63) is 70.3 Å². The molecule has 1 atom stereocenters. The van der Waals surface area contributed by atoms with Gasteiger partial charge in [0.1, 0.15) is 11.9 Å². The number of amidine groups is 1. The highest BCUT2D eigenvalue weighted by molar-refractivity contribution is 5.97. The van der Waals surface area contributed by atoms with Crippen molar-refractivity contribution in [3.63, 3.8) is 0 Å². The molecule has 1 aliphatic heterocycles. The molecule has 0 amide bonds. The van der Waals surface area contributed by atoms with Gasteiger partial charge in [0.25, 0.3) is 0 Å². The van der Waals surface area contributed by atoms with Crippen LogP contribution >= 0.6 is 0 Å². The van der Waals surface area contributed by atoms with Crippen molar-refractivity contribution in [1.29, 1.82) is 0 Å². The van der Waals surface area contributed by atoms with Crippen LogP contribution in [0.2, 0.25) is 0 Å². The molecule has 2 aromatic carbocycles. The van der Waals surface area contributed by atoms with Gasteiger partial charge < -0.3 is 15.7 Å². The number of nitrogens with zero attached hydrogens (tertiary/aromatic N) is 1. The predicted octanol–water partition coefficient (Wildman–Crippen LogP) is 4.51. The van der Waals surface area contributed by atoms with E-state index in [1.165, 1.54) is 6.07 Å². The molecular weight excluding hydrogens is 345 g/mol. The van der Waals surface area contributed by atoms with E-state index in [4.69, 9.17) is 15.7 Å². The van der Waals surface area contributed by atoms with E-state index >= 15 is 0 Å². The van der Waals surface area contributed by atoms with E-state index in [2.05, 4.69) is 5.16 Å². The Bertz CT molecular complexity index is 889. The van der Waals surface area contributed by atoms with Crippen molar-refractivity contribution in [2.45, 2.75) is 25.6 Å². The van der Waals surface area contributed by atoms with Crippen LogP contribution in [0.5, 0.6) is 5.75 Å². The van der Waals surface area contributed by atoms with Crippen LogP contribution < -0.4 is 10.5 Å². The minimum atomic E-state index is -4.39. The summed E-state index contributed by atoms with van der Waals surface area (Å²) >= 11 is 0. The molecule has 0 spiro atoms. The largest absolute Gasteiger partial charge is 0.485 e. The van der Waals surface area contributed by atoms with Gasteiger partial charge in [0.15, 0.2) is 5.84 Å². The molecule has 26 heavy (non-hydrogen) atoms. The average Bonchev–Trinajstić information content (AvgIpc) is 3.03. The Hall–Kier alpha value is -2.96. The number of hydrogen-bond donors (Lipinski definition) is 2. The smallest absolute Gasteiger partial charge is 0.416 e. The summed E-state index contributed by atoms with van der Waals surface area (Å²) in [7, 11) is 0. The molecule has 3 N–H and O–H groups in total. The fourth-order valence-corrected chi connectivity index (χ4v) is 2.97. The van der Waals surface area contributed by atoms with E-state index in [9.17, 15) is 13.2 Å². The number of fused-ring (bicyclic) bond motifs is 1. The maximum atomic E-state index is 12.9. The van der Waals surface area contributed by atoms with Crippen LogP contribution in [0.25, 0.3) is 6.08 Å². The molecule has 3 rings (SSSR count). The lowest BCUT2D eigenvalue weighted by molar-refractivity contribution is -0.137. The Morgan fingerprint density at radius 2 is 2.04 bits per heavy atom. The van der Waals surface area contributed by atoms with Crippen LogP contribution in [-0.2, 0) is 12.6 Å². The monoisotopic (exact) mass is 362 g/mol. The van der Waals surface area contributed by atoms with Gasteiger partial charge in [0, 0.05) is 12.0 Å². The van der Waals surface area contributed by atoms with Crippen LogP contribution in [0.1, 0.15) is 40.8 Å². The number of alkyl halides is 3. The fraction of sp³-hybridized carbons (Fsp3) is 0.211. The average molecular weight is 362 g/mol. The van der Waals surface area contributed by atoms with Crippen LogP contribution in [0.4, 0.5) is 13.2 Å². The summed E-state index contributed by atoms with van der Waals surface area (Å²) in [5.74, 6) is 0.386. The highest BCUT2D eigenvalue weighted by Gasteiger charge is 2.33. The zero-order valence-electron chi connectivity index (χ0n) is 13.9. The summed E-state index contributed by atoms with van der Waals surface area (Å²) in [4.78, 5) is 0. The maximum Gasteiger partial charge on any atom is 0.416 e. The Kier molecular flexibility index (Phi) is 4.63. The van der Waals surface area contributed by atoms with E-state index in [0.29, 0.717) is 23.3 Å². The third-order valence-electron chi connectivity index (χ3n) is 4.17. The Morgan fingerprint density at radius 3 is 2.69 bits per heavy atom. The molecule has 1 heterocycles. The second-order valence-electron chi connectivity index (χ2n) is 6.00. The molecular formula is C19H17F3N2O2. The summed E-state index contributed by atoms with van der Waals surface area (Å²) in [6.07, 6.45) is -0.827. The highest BCUT2D eigenvalue weighted by Crippen LogP contribution is 2.40. The molecule has 2 aromatic rings. The minimum Gasteiger partial charge on any atom is -0.485 e. The second-order valence-corrected chi connectivity index (χ2v) is 6.00. The van der Waals surface area contributed by atoms with Gasteiger partial charge in [-0.15, -0.1) is 0 Å². The maximum absolute atomic E-state index is 12.9. The molecule has 0 bridgehead atoms.